The van der Waals surface area contributed by atoms with Crippen LogP contribution in [0.2, 0.25) is 0 Å². The van der Waals surface area contributed by atoms with Crippen LogP contribution in [0.15, 0.2) is 54.6 Å². The number of amides is 1. The average molecular weight is 327 g/mol. The number of hydrogen-bond acceptors (Lipinski definition) is 3. The van der Waals surface area contributed by atoms with Gasteiger partial charge in [-0.3, -0.25) is 4.79 Å². The number of benzene rings is 2. The van der Waals surface area contributed by atoms with Crippen molar-refractivity contribution in [2.24, 2.45) is 0 Å². The maximum absolute atomic E-state index is 13.4. The SMILES string of the molecule is Cc1cccc(NC(=O)C(C)OC(=O)/C=C/c2ccccc2F)c1. The zero-order valence-electron chi connectivity index (χ0n) is 13.5. The Morgan fingerprint density at radius 3 is 2.62 bits per heavy atom. The molecule has 2 aromatic carbocycles. The lowest BCUT2D eigenvalue weighted by Crippen LogP contribution is -2.29. The summed E-state index contributed by atoms with van der Waals surface area (Å²) in [6.07, 6.45) is 1.43. The number of carbonyl (C=O) groups excluding carboxylic acids is 2. The fourth-order valence-electron chi connectivity index (χ4n) is 2.00. The molecule has 0 radical (unpaired) electrons. The van der Waals surface area contributed by atoms with Crippen LogP contribution in [-0.4, -0.2) is 18.0 Å². The molecule has 0 aliphatic carbocycles. The summed E-state index contributed by atoms with van der Waals surface area (Å²) in [7, 11) is 0. The second-order valence-electron chi connectivity index (χ2n) is 5.29. The van der Waals surface area contributed by atoms with Crippen molar-refractivity contribution in [1.82, 2.24) is 0 Å². The van der Waals surface area contributed by atoms with Gasteiger partial charge in [-0.25, -0.2) is 9.18 Å². The van der Waals surface area contributed by atoms with Crippen molar-refractivity contribution in [1.29, 1.82) is 0 Å². The standard InChI is InChI=1S/C19H18FNO3/c1-13-6-5-8-16(12-13)21-19(23)14(2)24-18(22)11-10-15-7-3-4-9-17(15)20/h3-12,14H,1-2H3,(H,21,23)/b11-10+. The molecule has 1 amide bonds. The highest BCUT2D eigenvalue weighted by Crippen LogP contribution is 2.11. The molecule has 0 aliphatic rings. The first kappa shape index (κ1) is 17.4. The first-order valence-corrected chi connectivity index (χ1v) is 7.46. The molecule has 24 heavy (non-hydrogen) atoms. The summed E-state index contributed by atoms with van der Waals surface area (Å²) in [6.45, 7) is 3.38. The summed E-state index contributed by atoms with van der Waals surface area (Å²) in [5.74, 6) is -1.59. The summed E-state index contributed by atoms with van der Waals surface area (Å²) in [5, 5.41) is 2.67. The molecule has 0 aromatic heterocycles. The highest BCUT2D eigenvalue weighted by atomic mass is 19.1. The molecule has 2 rings (SSSR count). The second kappa shape index (κ2) is 8.06. The first-order valence-electron chi connectivity index (χ1n) is 7.46. The van der Waals surface area contributed by atoms with Crippen LogP contribution in [0, 0.1) is 12.7 Å². The number of rotatable bonds is 5. The number of carbonyl (C=O) groups is 2. The van der Waals surface area contributed by atoms with E-state index < -0.39 is 23.8 Å². The van der Waals surface area contributed by atoms with Gasteiger partial charge in [-0.1, -0.05) is 30.3 Å². The predicted molar refractivity (Wildman–Crippen MR) is 90.8 cm³/mol. The van der Waals surface area contributed by atoms with Crippen LogP contribution in [0.3, 0.4) is 0 Å². The van der Waals surface area contributed by atoms with E-state index in [1.165, 1.54) is 25.1 Å². The van der Waals surface area contributed by atoms with Gasteiger partial charge in [-0.2, -0.15) is 0 Å². The maximum Gasteiger partial charge on any atom is 0.331 e. The molecule has 0 aliphatic heterocycles. The van der Waals surface area contributed by atoms with Crippen molar-refractivity contribution in [3.63, 3.8) is 0 Å². The molecule has 1 atom stereocenters. The molecule has 0 fully saturated rings. The van der Waals surface area contributed by atoms with Gasteiger partial charge in [-0.05, 0) is 43.7 Å². The Hall–Kier alpha value is -2.95. The molecule has 4 nitrogen and oxygen atoms in total. The number of esters is 1. The van der Waals surface area contributed by atoms with Gasteiger partial charge in [0.05, 0.1) is 0 Å². The Morgan fingerprint density at radius 1 is 1.17 bits per heavy atom. The first-order chi connectivity index (χ1) is 11.5. The van der Waals surface area contributed by atoms with Crippen molar-refractivity contribution in [2.45, 2.75) is 20.0 Å². The summed E-state index contributed by atoms with van der Waals surface area (Å²) in [4.78, 5) is 23.8. The zero-order valence-corrected chi connectivity index (χ0v) is 13.5. The number of nitrogens with one attached hydrogen (secondary N) is 1. The highest BCUT2D eigenvalue weighted by Gasteiger charge is 2.16. The average Bonchev–Trinajstić information content (AvgIpc) is 2.54. The normalized spacial score (nSPS) is 12.0. The summed E-state index contributed by atoms with van der Waals surface area (Å²) >= 11 is 0. The minimum absolute atomic E-state index is 0.270. The third-order valence-electron chi connectivity index (χ3n) is 3.25. The van der Waals surface area contributed by atoms with Crippen LogP contribution in [-0.2, 0) is 14.3 Å². The lowest BCUT2D eigenvalue weighted by Gasteiger charge is -2.12. The van der Waals surface area contributed by atoms with Crippen LogP contribution in [0.1, 0.15) is 18.1 Å². The summed E-state index contributed by atoms with van der Waals surface area (Å²) < 4.78 is 18.5. The monoisotopic (exact) mass is 327 g/mol. The van der Waals surface area contributed by atoms with Gasteiger partial charge >= 0.3 is 5.97 Å². The summed E-state index contributed by atoms with van der Waals surface area (Å²) in [5.41, 5.74) is 1.90. The highest BCUT2D eigenvalue weighted by molar-refractivity contribution is 5.96. The van der Waals surface area contributed by atoms with Crippen molar-refractivity contribution in [3.05, 3.63) is 71.6 Å². The van der Waals surface area contributed by atoms with E-state index in [1.807, 2.05) is 25.1 Å². The van der Waals surface area contributed by atoms with Gasteiger partial charge in [0, 0.05) is 17.3 Å². The van der Waals surface area contributed by atoms with Crippen LogP contribution in [0.5, 0.6) is 0 Å². The van der Waals surface area contributed by atoms with E-state index in [0.717, 1.165) is 11.6 Å². The second-order valence-corrected chi connectivity index (χ2v) is 5.29. The number of aryl methyl sites for hydroxylation is 1. The molecule has 1 unspecified atom stereocenters. The zero-order chi connectivity index (χ0) is 17.5. The largest absolute Gasteiger partial charge is 0.449 e. The molecule has 0 heterocycles. The molecule has 5 heteroatoms. The van der Waals surface area contributed by atoms with Gasteiger partial charge in [0.15, 0.2) is 6.10 Å². The van der Waals surface area contributed by atoms with Gasteiger partial charge < -0.3 is 10.1 Å². The van der Waals surface area contributed by atoms with Crippen molar-refractivity contribution in [3.8, 4) is 0 Å². The topological polar surface area (TPSA) is 55.4 Å². The van der Waals surface area contributed by atoms with Gasteiger partial charge in [-0.15, -0.1) is 0 Å². The Labute approximate surface area is 140 Å². The van der Waals surface area contributed by atoms with Gasteiger partial charge in [0.1, 0.15) is 5.82 Å². The quantitative estimate of drug-likeness (QED) is 0.673. The van der Waals surface area contributed by atoms with Crippen molar-refractivity contribution < 1.29 is 18.7 Å². The van der Waals surface area contributed by atoms with Crippen molar-refractivity contribution in [2.75, 3.05) is 5.32 Å². The van der Waals surface area contributed by atoms with Gasteiger partial charge in [0.25, 0.3) is 5.91 Å². The Morgan fingerprint density at radius 2 is 1.92 bits per heavy atom. The fourth-order valence-corrected chi connectivity index (χ4v) is 2.00. The van der Waals surface area contributed by atoms with Crippen LogP contribution in [0.25, 0.3) is 6.08 Å². The molecular formula is C19H18FNO3. The molecule has 1 N–H and O–H groups in total. The third kappa shape index (κ3) is 5.05. The minimum Gasteiger partial charge on any atom is -0.449 e. The number of hydrogen-bond donors (Lipinski definition) is 1. The minimum atomic E-state index is -0.969. The van der Waals surface area contributed by atoms with Crippen molar-refractivity contribution >= 4 is 23.6 Å². The van der Waals surface area contributed by atoms with Gasteiger partial charge in [0.2, 0.25) is 0 Å². The molecule has 0 saturated carbocycles. The molecular weight excluding hydrogens is 309 g/mol. The van der Waals surface area contributed by atoms with E-state index in [2.05, 4.69) is 5.32 Å². The number of anilines is 1. The third-order valence-corrected chi connectivity index (χ3v) is 3.25. The van der Waals surface area contributed by atoms with E-state index in [0.29, 0.717) is 5.69 Å². The van der Waals surface area contributed by atoms with E-state index in [9.17, 15) is 14.0 Å². The van der Waals surface area contributed by atoms with Crippen LogP contribution in [0.4, 0.5) is 10.1 Å². The summed E-state index contributed by atoms with van der Waals surface area (Å²) in [6, 6.07) is 13.3. The molecule has 2 aromatic rings. The van der Waals surface area contributed by atoms with Crippen LogP contribution >= 0.6 is 0 Å². The molecule has 0 saturated heterocycles. The Kier molecular flexibility index (Phi) is 5.84. The number of halogens is 1. The van der Waals surface area contributed by atoms with E-state index in [1.54, 1.807) is 18.2 Å². The van der Waals surface area contributed by atoms with E-state index in [-0.39, 0.29) is 5.56 Å². The molecule has 124 valence electrons. The fraction of sp³-hybridized carbons (Fsp3) is 0.158. The molecule has 0 bridgehead atoms. The lowest BCUT2D eigenvalue weighted by atomic mass is 10.2. The van der Waals surface area contributed by atoms with Crippen LogP contribution < -0.4 is 5.32 Å². The lowest BCUT2D eigenvalue weighted by molar-refractivity contribution is -0.148. The Bertz CT molecular complexity index is 771. The Balaban J connectivity index is 1.91. The van der Waals surface area contributed by atoms with E-state index in [4.69, 9.17) is 4.74 Å². The number of ether oxygens (including phenoxy) is 1. The molecule has 0 spiro atoms. The van der Waals surface area contributed by atoms with E-state index >= 15 is 0 Å². The predicted octanol–water partition coefficient (Wildman–Crippen LogP) is 3.72. The smallest absolute Gasteiger partial charge is 0.331 e. The maximum atomic E-state index is 13.4.